The van der Waals surface area contributed by atoms with Gasteiger partial charge >= 0.3 is 0 Å². The van der Waals surface area contributed by atoms with Crippen molar-refractivity contribution in [2.24, 2.45) is 5.92 Å². The van der Waals surface area contributed by atoms with Crippen LogP contribution in [0.4, 0.5) is 10.1 Å². The Morgan fingerprint density at radius 2 is 1.96 bits per heavy atom. The second-order valence-corrected chi connectivity index (χ2v) is 9.32. The highest BCUT2D eigenvalue weighted by atomic mass is 79.9. The number of ether oxygens (including phenoxy) is 1. The summed E-state index contributed by atoms with van der Waals surface area (Å²) in [7, 11) is -2.66. The van der Waals surface area contributed by atoms with E-state index in [9.17, 15) is 17.6 Å². The van der Waals surface area contributed by atoms with Crippen LogP contribution in [0.3, 0.4) is 0 Å². The first-order valence-corrected chi connectivity index (χ1v) is 10.9. The molecule has 1 fully saturated rings. The second-order valence-electron chi connectivity index (χ2n) is 6.49. The van der Waals surface area contributed by atoms with Crippen molar-refractivity contribution < 1.29 is 22.3 Å². The molecule has 0 aliphatic carbocycles. The number of anilines is 1. The smallest absolute Gasteiger partial charge is 0.246 e. The molecule has 6 nitrogen and oxygen atoms in total. The first-order chi connectivity index (χ1) is 13.3. The van der Waals surface area contributed by atoms with Gasteiger partial charge in [0.25, 0.3) is 0 Å². The lowest BCUT2D eigenvalue weighted by Gasteiger charge is -2.31. The summed E-state index contributed by atoms with van der Waals surface area (Å²) in [6.45, 7) is 0.300. The zero-order valence-electron chi connectivity index (χ0n) is 15.2. The lowest BCUT2D eigenvalue weighted by Crippen LogP contribution is -2.43. The normalized spacial score (nSPS) is 17.9. The van der Waals surface area contributed by atoms with Crippen LogP contribution in [0, 0.1) is 11.7 Å². The fourth-order valence-corrected chi connectivity index (χ4v) is 5.10. The van der Waals surface area contributed by atoms with Gasteiger partial charge in [0.15, 0.2) is 0 Å². The minimum atomic E-state index is -3.99. The molecule has 1 amide bonds. The SMILES string of the molecule is COc1ccc(F)cc1S(=O)(=O)N1CCC[C@@H](C(=O)Nc2ccc(Br)cc2)C1. The molecule has 9 heteroatoms. The first kappa shape index (κ1) is 20.8. The molecule has 0 spiro atoms. The third-order valence-corrected chi connectivity index (χ3v) is 7.03. The Balaban J connectivity index is 1.78. The molecule has 2 aromatic rings. The molecular formula is C19H20BrFN2O4S. The molecule has 0 saturated carbocycles. The second kappa shape index (κ2) is 8.59. The Labute approximate surface area is 171 Å². The summed E-state index contributed by atoms with van der Waals surface area (Å²) in [6, 6.07) is 10.5. The molecule has 1 saturated heterocycles. The Hall–Kier alpha value is -1.97. The molecule has 0 aromatic heterocycles. The number of sulfonamides is 1. The summed E-state index contributed by atoms with van der Waals surface area (Å²) in [4.78, 5) is 12.4. The third-order valence-electron chi connectivity index (χ3n) is 4.61. The van der Waals surface area contributed by atoms with Crippen molar-refractivity contribution in [1.82, 2.24) is 4.31 Å². The van der Waals surface area contributed by atoms with E-state index in [4.69, 9.17) is 4.74 Å². The summed E-state index contributed by atoms with van der Waals surface area (Å²) in [5.41, 5.74) is 0.639. The number of hydrogen-bond donors (Lipinski definition) is 1. The van der Waals surface area contributed by atoms with Crippen molar-refractivity contribution in [3.63, 3.8) is 0 Å². The van der Waals surface area contributed by atoms with Gasteiger partial charge in [-0.15, -0.1) is 0 Å². The maximum Gasteiger partial charge on any atom is 0.246 e. The van der Waals surface area contributed by atoms with Gasteiger partial charge in [-0.25, -0.2) is 12.8 Å². The summed E-state index contributed by atoms with van der Waals surface area (Å²) in [5.74, 6) is -1.33. The topological polar surface area (TPSA) is 75.7 Å². The maximum absolute atomic E-state index is 13.7. The molecular weight excluding hydrogens is 451 g/mol. The van der Waals surface area contributed by atoms with Crippen LogP contribution in [0.2, 0.25) is 0 Å². The van der Waals surface area contributed by atoms with Crippen LogP contribution in [-0.4, -0.2) is 38.8 Å². The predicted octanol–water partition coefficient (Wildman–Crippen LogP) is 3.64. The van der Waals surface area contributed by atoms with Gasteiger partial charge in [0, 0.05) is 23.2 Å². The number of carbonyl (C=O) groups is 1. The van der Waals surface area contributed by atoms with Gasteiger partial charge in [-0.3, -0.25) is 4.79 Å². The highest BCUT2D eigenvalue weighted by Gasteiger charge is 2.35. The number of piperidine rings is 1. The molecule has 150 valence electrons. The number of methoxy groups -OCH3 is 1. The third kappa shape index (κ3) is 4.53. The van der Waals surface area contributed by atoms with Gasteiger partial charge in [-0.2, -0.15) is 4.31 Å². The summed E-state index contributed by atoms with van der Waals surface area (Å²) in [6.07, 6.45) is 1.12. The van der Waals surface area contributed by atoms with Crippen molar-refractivity contribution in [1.29, 1.82) is 0 Å². The highest BCUT2D eigenvalue weighted by molar-refractivity contribution is 9.10. The first-order valence-electron chi connectivity index (χ1n) is 8.71. The molecule has 1 aliphatic rings. The van der Waals surface area contributed by atoms with Crippen LogP contribution < -0.4 is 10.1 Å². The van der Waals surface area contributed by atoms with Crippen molar-refractivity contribution in [2.45, 2.75) is 17.7 Å². The molecule has 1 aliphatic heterocycles. The quantitative estimate of drug-likeness (QED) is 0.723. The number of benzene rings is 2. The zero-order valence-corrected chi connectivity index (χ0v) is 17.6. The molecule has 0 radical (unpaired) electrons. The van der Waals surface area contributed by atoms with E-state index in [0.717, 1.165) is 16.6 Å². The van der Waals surface area contributed by atoms with E-state index in [2.05, 4.69) is 21.2 Å². The van der Waals surface area contributed by atoms with Gasteiger partial charge in [0.2, 0.25) is 15.9 Å². The van der Waals surface area contributed by atoms with Crippen LogP contribution in [0.5, 0.6) is 5.75 Å². The fraction of sp³-hybridized carbons (Fsp3) is 0.316. The number of nitrogens with zero attached hydrogens (tertiary/aromatic N) is 1. The number of rotatable bonds is 5. The number of carbonyl (C=O) groups excluding carboxylic acids is 1. The summed E-state index contributed by atoms with van der Waals surface area (Å²) >= 11 is 3.33. The van der Waals surface area contributed by atoms with Crippen LogP contribution >= 0.6 is 15.9 Å². The van der Waals surface area contributed by atoms with Gasteiger partial charge in [0.05, 0.1) is 13.0 Å². The van der Waals surface area contributed by atoms with Gasteiger partial charge in [-0.1, -0.05) is 15.9 Å². The van der Waals surface area contributed by atoms with Crippen LogP contribution in [0.1, 0.15) is 12.8 Å². The van der Waals surface area contributed by atoms with Gasteiger partial charge < -0.3 is 10.1 Å². The van der Waals surface area contributed by atoms with Crippen LogP contribution in [0.15, 0.2) is 51.8 Å². The Morgan fingerprint density at radius 1 is 1.25 bits per heavy atom. The molecule has 1 atom stereocenters. The molecule has 0 bridgehead atoms. The summed E-state index contributed by atoms with van der Waals surface area (Å²) < 4.78 is 46.9. The van der Waals surface area contributed by atoms with Crippen molar-refractivity contribution >= 4 is 37.5 Å². The highest BCUT2D eigenvalue weighted by Crippen LogP contribution is 2.30. The minimum absolute atomic E-state index is 0.0321. The van der Waals surface area contributed by atoms with Gasteiger partial charge in [-0.05, 0) is 55.3 Å². The van der Waals surface area contributed by atoms with Crippen molar-refractivity contribution in [3.8, 4) is 5.75 Å². The van der Waals surface area contributed by atoms with E-state index in [1.165, 1.54) is 17.5 Å². The van der Waals surface area contributed by atoms with Crippen LogP contribution in [-0.2, 0) is 14.8 Å². The van der Waals surface area contributed by atoms with E-state index in [1.807, 2.05) is 12.1 Å². The Morgan fingerprint density at radius 3 is 2.64 bits per heavy atom. The lowest BCUT2D eigenvalue weighted by molar-refractivity contribution is -0.120. The fourth-order valence-electron chi connectivity index (χ4n) is 3.14. The number of halogens is 2. The molecule has 2 aromatic carbocycles. The minimum Gasteiger partial charge on any atom is -0.495 e. The van der Waals surface area contributed by atoms with Crippen molar-refractivity contribution in [3.05, 3.63) is 52.8 Å². The Bertz CT molecular complexity index is 966. The molecule has 0 unspecified atom stereocenters. The number of nitrogens with one attached hydrogen (secondary N) is 1. The van der Waals surface area contributed by atoms with Gasteiger partial charge in [0.1, 0.15) is 16.5 Å². The average Bonchev–Trinajstić information content (AvgIpc) is 2.69. The lowest BCUT2D eigenvalue weighted by atomic mass is 9.99. The largest absolute Gasteiger partial charge is 0.495 e. The van der Waals surface area contributed by atoms with E-state index >= 15 is 0 Å². The number of hydrogen-bond acceptors (Lipinski definition) is 4. The zero-order chi connectivity index (χ0) is 20.3. The Kier molecular flexibility index (Phi) is 6.36. The standard InChI is InChI=1S/C19H20BrFN2O4S/c1-27-17-9-6-15(21)11-18(17)28(25,26)23-10-2-3-13(12-23)19(24)22-16-7-4-14(20)5-8-16/h4-9,11,13H,2-3,10,12H2,1H3,(H,22,24)/t13-/m1/s1. The maximum atomic E-state index is 13.7. The molecule has 1 N–H and O–H groups in total. The predicted molar refractivity (Wildman–Crippen MR) is 107 cm³/mol. The van der Waals surface area contributed by atoms with E-state index in [1.54, 1.807) is 12.1 Å². The monoisotopic (exact) mass is 470 g/mol. The van der Waals surface area contributed by atoms with Crippen LogP contribution in [0.25, 0.3) is 0 Å². The van der Waals surface area contributed by atoms with Crippen molar-refractivity contribution in [2.75, 3.05) is 25.5 Å². The van der Waals surface area contributed by atoms with E-state index < -0.39 is 21.8 Å². The number of amides is 1. The van der Waals surface area contributed by atoms with E-state index in [0.29, 0.717) is 18.5 Å². The molecule has 28 heavy (non-hydrogen) atoms. The molecule has 1 heterocycles. The molecule has 3 rings (SSSR count). The summed E-state index contributed by atoms with van der Waals surface area (Å²) in [5, 5.41) is 2.82. The van der Waals surface area contributed by atoms with E-state index in [-0.39, 0.29) is 29.6 Å². The average molecular weight is 471 g/mol.